The normalized spacial score (nSPS) is 22.2. The summed E-state index contributed by atoms with van der Waals surface area (Å²) in [5, 5.41) is 9.09. The quantitative estimate of drug-likeness (QED) is 0.768. The van der Waals surface area contributed by atoms with Crippen LogP contribution in [0.2, 0.25) is 0 Å². The Labute approximate surface area is 126 Å². The Morgan fingerprint density at radius 1 is 1.33 bits per heavy atom. The summed E-state index contributed by atoms with van der Waals surface area (Å²) < 4.78 is 11.1. The van der Waals surface area contributed by atoms with Crippen LogP contribution in [0.1, 0.15) is 26.7 Å². The molecule has 6 heteroatoms. The van der Waals surface area contributed by atoms with Crippen molar-refractivity contribution in [3.05, 3.63) is 0 Å². The van der Waals surface area contributed by atoms with Gasteiger partial charge in [0, 0.05) is 13.0 Å². The molecule has 0 unspecified atom stereocenters. The molecule has 6 nitrogen and oxygen atoms in total. The number of amides is 1. The lowest BCUT2D eigenvalue weighted by Crippen LogP contribution is -2.49. The van der Waals surface area contributed by atoms with E-state index in [1.807, 2.05) is 0 Å². The molecule has 2 aliphatic rings. The Kier molecular flexibility index (Phi) is 5.20. The molecule has 0 aromatic carbocycles. The van der Waals surface area contributed by atoms with Crippen molar-refractivity contribution in [1.82, 2.24) is 9.80 Å². The van der Waals surface area contributed by atoms with Crippen molar-refractivity contribution < 1.29 is 14.3 Å². The fraction of sp³-hybridized carbons (Fsp3) is 0.867. The van der Waals surface area contributed by atoms with Gasteiger partial charge in [0.1, 0.15) is 5.54 Å². The lowest BCUT2D eigenvalue weighted by atomic mass is 9.96. The first kappa shape index (κ1) is 16.2. The molecular formula is C15H25N3O3. The van der Waals surface area contributed by atoms with Gasteiger partial charge in [-0.3, -0.25) is 9.69 Å². The van der Waals surface area contributed by atoms with Gasteiger partial charge in [-0.2, -0.15) is 5.26 Å². The van der Waals surface area contributed by atoms with Crippen molar-refractivity contribution in [3.63, 3.8) is 0 Å². The molecule has 0 atom stereocenters. The van der Waals surface area contributed by atoms with Crippen LogP contribution in [-0.4, -0.2) is 67.4 Å². The molecule has 0 aromatic heterocycles. The summed E-state index contributed by atoms with van der Waals surface area (Å²) in [6.45, 7) is 7.02. The highest BCUT2D eigenvalue weighted by Crippen LogP contribution is 2.25. The number of piperidine rings is 1. The Morgan fingerprint density at radius 3 is 2.43 bits per heavy atom. The van der Waals surface area contributed by atoms with Crippen LogP contribution in [0.3, 0.4) is 0 Å². The second-order valence-electron chi connectivity index (χ2n) is 6.35. The molecule has 0 radical (unpaired) electrons. The van der Waals surface area contributed by atoms with Crippen LogP contribution in [0, 0.1) is 17.2 Å². The van der Waals surface area contributed by atoms with Gasteiger partial charge in [0.2, 0.25) is 5.91 Å². The van der Waals surface area contributed by atoms with Gasteiger partial charge in [0.15, 0.2) is 6.29 Å². The van der Waals surface area contributed by atoms with E-state index >= 15 is 0 Å². The maximum Gasteiger partial charge on any atom is 0.237 e. The van der Waals surface area contributed by atoms with Gasteiger partial charge in [-0.25, -0.2) is 0 Å². The second-order valence-corrected chi connectivity index (χ2v) is 6.35. The van der Waals surface area contributed by atoms with Crippen molar-refractivity contribution in [2.75, 3.05) is 39.9 Å². The summed E-state index contributed by atoms with van der Waals surface area (Å²) in [5.41, 5.74) is -0.763. The van der Waals surface area contributed by atoms with Gasteiger partial charge in [0.25, 0.3) is 0 Å². The highest BCUT2D eigenvalue weighted by atomic mass is 16.7. The molecule has 0 bridgehead atoms. The summed E-state index contributed by atoms with van der Waals surface area (Å²) in [6, 6.07) is 2.16. The number of ether oxygens (including phenoxy) is 2. The number of likely N-dealkylation sites (tertiary alicyclic amines) is 1. The van der Waals surface area contributed by atoms with Crippen LogP contribution in [0.5, 0.6) is 0 Å². The molecule has 0 aliphatic carbocycles. The maximum absolute atomic E-state index is 12.2. The molecule has 2 saturated heterocycles. The lowest BCUT2D eigenvalue weighted by molar-refractivity contribution is -0.135. The number of nitriles is 1. The zero-order valence-electron chi connectivity index (χ0n) is 13.2. The van der Waals surface area contributed by atoms with Crippen molar-refractivity contribution in [3.8, 4) is 6.07 Å². The molecule has 118 valence electrons. The van der Waals surface area contributed by atoms with E-state index in [2.05, 4.69) is 11.0 Å². The van der Waals surface area contributed by atoms with Crippen LogP contribution < -0.4 is 0 Å². The van der Waals surface area contributed by atoms with Gasteiger partial charge in [0.05, 0.1) is 25.8 Å². The summed E-state index contributed by atoms with van der Waals surface area (Å²) in [7, 11) is 1.69. The molecule has 1 amide bonds. The molecule has 0 aromatic rings. The van der Waals surface area contributed by atoms with Gasteiger partial charge in [-0.1, -0.05) is 0 Å². The highest BCUT2D eigenvalue weighted by Gasteiger charge is 2.32. The highest BCUT2D eigenvalue weighted by molar-refractivity contribution is 5.79. The largest absolute Gasteiger partial charge is 0.350 e. The molecule has 0 N–H and O–H groups in total. The minimum atomic E-state index is -0.763. The number of carbonyl (C=O) groups excluding carboxylic acids is 1. The number of nitrogens with zero attached hydrogens (tertiary/aromatic N) is 3. The molecule has 0 saturated carbocycles. The average Bonchev–Trinajstić information content (AvgIpc) is 3.01. The fourth-order valence-electron chi connectivity index (χ4n) is 2.72. The van der Waals surface area contributed by atoms with Crippen LogP contribution >= 0.6 is 0 Å². The maximum atomic E-state index is 12.2. The summed E-state index contributed by atoms with van der Waals surface area (Å²) in [4.78, 5) is 15.9. The van der Waals surface area contributed by atoms with Crippen LogP contribution in [0.15, 0.2) is 0 Å². The third-order valence-corrected chi connectivity index (χ3v) is 4.51. The summed E-state index contributed by atoms with van der Waals surface area (Å²) in [5.74, 6) is 0.431. The lowest BCUT2D eigenvalue weighted by Gasteiger charge is -2.36. The third kappa shape index (κ3) is 3.94. The van der Waals surface area contributed by atoms with Crippen LogP contribution in [-0.2, 0) is 14.3 Å². The number of hydrogen-bond donors (Lipinski definition) is 0. The number of carbonyl (C=O) groups is 1. The summed E-state index contributed by atoms with van der Waals surface area (Å²) in [6.07, 6.45) is 1.93. The van der Waals surface area contributed by atoms with E-state index in [-0.39, 0.29) is 12.2 Å². The van der Waals surface area contributed by atoms with Crippen molar-refractivity contribution in [1.29, 1.82) is 5.26 Å². The molecular weight excluding hydrogens is 270 g/mol. The first-order valence-corrected chi connectivity index (χ1v) is 7.57. The molecule has 2 fully saturated rings. The first-order valence-electron chi connectivity index (χ1n) is 7.57. The zero-order valence-corrected chi connectivity index (χ0v) is 13.2. The fourth-order valence-corrected chi connectivity index (χ4v) is 2.72. The smallest absolute Gasteiger partial charge is 0.237 e. The molecule has 0 spiro atoms. The third-order valence-electron chi connectivity index (χ3n) is 4.51. The van der Waals surface area contributed by atoms with Crippen LogP contribution in [0.4, 0.5) is 0 Å². The van der Waals surface area contributed by atoms with E-state index in [0.717, 1.165) is 25.9 Å². The van der Waals surface area contributed by atoms with E-state index in [1.165, 1.54) is 4.90 Å². The monoisotopic (exact) mass is 295 g/mol. The van der Waals surface area contributed by atoms with Gasteiger partial charge in [-0.15, -0.1) is 0 Å². The predicted octanol–water partition coefficient (Wildman–Crippen LogP) is 0.832. The van der Waals surface area contributed by atoms with Crippen molar-refractivity contribution in [2.45, 2.75) is 38.5 Å². The number of likely N-dealkylation sites (N-methyl/N-ethyl adjacent to an activating group) is 1. The van der Waals surface area contributed by atoms with Crippen molar-refractivity contribution >= 4 is 5.91 Å². The summed E-state index contributed by atoms with van der Waals surface area (Å²) >= 11 is 0. The van der Waals surface area contributed by atoms with E-state index in [0.29, 0.717) is 25.7 Å². The predicted molar refractivity (Wildman–Crippen MR) is 77.3 cm³/mol. The van der Waals surface area contributed by atoms with Crippen LogP contribution in [0.25, 0.3) is 0 Å². The molecule has 2 aliphatic heterocycles. The Hall–Kier alpha value is -1.16. The Bertz CT molecular complexity index is 405. The molecule has 21 heavy (non-hydrogen) atoms. The number of hydrogen-bond acceptors (Lipinski definition) is 5. The topological polar surface area (TPSA) is 65.8 Å². The minimum Gasteiger partial charge on any atom is -0.350 e. The zero-order chi connectivity index (χ0) is 15.5. The Balaban J connectivity index is 1.78. The van der Waals surface area contributed by atoms with Gasteiger partial charge < -0.3 is 14.4 Å². The first-order chi connectivity index (χ1) is 9.94. The van der Waals surface area contributed by atoms with E-state index in [1.54, 1.807) is 20.9 Å². The Morgan fingerprint density at radius 2 is 1.90 bits per heavy atom. The van der Waals surface area contributed by atoms with Gasteiger partial charge >= 0.3 is 0 Å². The SMILES string of the molecule is CN(C(=O)CN1CCC(C2OCCO2)CC1)C(C)(C)C#N. The average molecular weight is 295 g/mol. The van der Waals surface area contributed by atoms with E-state index in [4.69, 9.17) is 14.7 Å². The minimum absolute atomic E-state index is 0.00614. The molecule has 2 rings (SSSR count). The van der Waals surface area contributed by atoms with Crippen molar-refractivity contribution in [2.24, 2.45) is 5.92 Å². The molecule has 2 heterocycles. The second kappa shape index (κ2) is 6.73. The number of rotatable bonds is 4. The van der Waals surface area contributed by atoms with E-state index < -0.39 is 5.54 Å². The van der Waals surface area contributed by atoms with E-state index in [9.17, 15) is 4.79 Å². The van der Waals surface area contributed by atoms with Gasteiger partial charge in [-0.05, 0) is 39.8 Å². The standard InChI is InChI=1S/C15H25N3O3/c1-15(2,11-16)17(3)13(19)10-18-6-4-12(5-7-18)14-20-8-9-21-14/h12,14H,4-10H2,1-3H3.